The Morgan fingerprint density at radius 2 is 2.00 bits per heavy atom. The Kier molecular flexibility index (Phi) is 3.81. The van der Waals surface area contributed by atoms with Gasteiger partial charge in [0.1, 0.15) is 6.10 Å². The van der Waals surface area contributed by atoms with E-state index in [-0.39, 0.29) is 11.5 Å². The lowest BCUT2D eigenvalue weighted by Gasteiger charge is -2.26. The Morgan fingerprint density at radius 1 is 1.30 bits per heavy atom. The molecule has 2 aromatic rings. The predicted molar refractivity (Wildman–Crippen MR) is 78.1 cm³/mol. The van der Waals surface area contributed by atoms with Crippen molar-refractivity contribution in [2.24, 2.45) is 5.41 Å². The van der Waals surface area contributed by atoms with E-state index in [2.05, 4.69) is 30.9 Å². The molecule has 0 saturated carbocycles. The lowest BCUT2D eigenvalue weighted by Crippen LogP contribution is -2.21. The molecule has 0 aliphatic carbocycles. The summed E-state index contributed by atoms with van der Waals surface area (Å²) in [6.07, 6.45) is -0.221. The van der Waals surface area contributed by atoms with E-state index in [1.54, 1.807) is 7.11 Å². The van der Waals surface area contributed by atoms with Crippen LogP contribution in [0.15, 0.2) is 22.7 Å². The third-order valence-corrected chi connectivity index (χ3v) is 3.19. The van der Waals surface area contributed by atoms with Gasteiger partial charge in [-0.1, -0.05) is 32.0 Å². The zero-order chi connectivity index (χ0) is 14.9. The smallest absolute Gasteiger partial charge is 0.258 e. The summed E-state index contributed by atoms with van der Waals surface area (Å²) in [5.41, 5.74) is 8.27. The zero-order valence-corrected chi connectivity index (χ0v) is 12.6. The average Bonchev–Trinajstić information content (AvgIpc) is 2.80. The van der Waals surface area contributed by atoms with Crippen LogP contribution in [0.5, 0.6) is 0 Å². The number of nitrogens with two attached hydrogens (primary N) is 1. The van der Waals surface area contributed by atoms with Gasteiger partial charge in [-0.3, -0.25) is 0 Å². The fraction of sp³-hybridized carbons (Fsp3) is 0.467. The summed E-state index contributed by atoms with van der Waals surface area (Å²) in [5, 5.41) is 4.05. The molecule has 0 bridgehead atoms. The number of hydrogen-bond acceptors (Lipinski definition) is 5. The van der Waals surface area contributed by atoms with Crippen molar-refractivity contribution >= 4 is 5.69 Å². The minimum absolute atomic E-state index is 0.110. The summed E-state index contributed by atoms with van der Waals surface area (Å²) in [6.45, 7) is 8.20. The third-order valence-electron chi connectivity index (χ3n) is 3.19. The summed E-state index contributed by atoms with van der Waals surface area (Å²) < 4.78 is 10.9. The van der Waals surface area contributed by atoms with E-state index >= 15 is 0 Å². The van der Waals surface area contributed by atoms with Crippen LogP contribution in [-0.2, 0) is 4.74 Å². The average molecular weight is 275 g/mol. The predicted octanol–water partition coefficient (Wildman–Crippen LogP) is 3.36. The molecule has 1 atom stereocenters. The van der Waals surface area contributed by atoms with Crippen LogP contribution in [0.4, 0.5) is 5.69 Å². The molecule has 0 aliphatic heterocycles. The van der Waals surface area contributed by atoms with E-state index < -0.39 is 0 Å². The summed E-state index contributed by atoms with van der Waals surface area (Å²) in [5.74, 6) is 1.02. The van der Waals surface area contributed by atoms with Crippen LogP contribution < -0.4 is 5.73 Å². The first-order valence-corrected chi connectivity index (χ1v) is 6.56. The quantitative estimate of drug-likeness (QED) is 0.869. The standard InChI is InChI=1S/C15H21N3O2/c1-9-6-7-10(16)8-11(9)14-17-13(18-20-14)12(19-5)15(2,3)4/h6-8,12H,16H2,1-5H3. The maximum atomic E-state index is 5.81. The number of aromatic nitrogens is 2. The van der Waals surface area contributed by atoms with Gasteiger partial charge in [-0.2, -0.15) is 4.98 Å². The highest BCUT2D eigenvalue weighted by molar-refractivity contribution is 5.63. The molecule has 1 unspecified atom stereocenters. The van der Waals surface area contributed by atoms with Gasteiger partial charge in [0.25, 0.3) is 5.89 Å². The molecule has 0 saturated heterocycles. The minimum Gasteiger partial charge on any atom is -0.399 e. The molecule has 0 aliphatic rings. The summed E-state index contributed by atoms with van der Waals surface area (Å²) in [7, 11) is 1.65. The van der Waals surface area contributed by atoms with Gasteiger partial charge in [0, 0.05) is 18.4 Å². The van der Waals surface area contributed by atoms with Gasteiger partial charge in [0.15, 0.2) is 0 Å². The van der Waals surface area contributed by atoms with Crippen LogP contribution in [0.3, 0.4) is 0 Å². The Morgan fingerprint density at radius 3 is 2.60 bits per heavy atom. The Balaban J connectivity index is 2.40. The number of benzene rings is 1. The lowest BCUT2D eigenvalue weighted by atomic mass is 9.88. The van der Waals surface area contributed by atoms with Crippen molar-refractivity contribution in [3.05, 3.63) is 29.6 Å². The number of aryl methyl sites for hydroxylation is 1. The molecular formula is C15H21N3O2. The Labute approximate surface area is 119 Å². The number of methoxy groups -OCH3 is 1. The molecule has 2 N–H and O–H groups in total. The molecule has 5 heteroatoms. The van der Waals surface area contributed by atoms with E-state index in [9.17, 15) is 0 Å². The highest BCUT2D eigenvalue weighted by atomic mass is 16.5. The second kappa shape index (κ2) is 5.25. The van der Waals surface area contributed by atoms with Crippen molar-refractivity contribution in [3.63, 3.8) is 0 Å². The first-order valence-electron chi connectivity index (χ1n) is 6.56. The second-order valence-corrected chi connectivity index (χ2v) is 6.01. The van der Waals surface area contributed by atoms with Crippen LogP contribution in [0, 0.1) is 12.3 Å². The van der Waals surface area contributed by atoms with Crippen molar-refractivity contribution in [2.45, 2.75) is 33.8 Å². The van der Waals surface area contributed by atoms with Crippen molar-refractivity contribution in [1.29, 1.82) is 0 Å². The van der Waals surface area contributed by atoms with Gasteiger partial charge in [-0.05, 0) is 30.0 Å². The zero-order valence-electron chi connectivity index (χ0n) is 12.6. The number of rotatable bonds is 3. The number of nitrogen functional groups attached to an aromatic ring is 1. The van der Waals surface area contributed by atoms with E-state index in [0.717, 1.165) is 11.1 Å². The van der Waals surface area contributed by atoms with Gasteiger partial charge in [-0.15, -0.1) is 0 Å². The number of nitrogens with zero attached hydrogens (tertiary/aromatic N) is 2. The fourth-order valence-electron chi connectivity index (χ4n) is 2.17. The molecule has 1 heterocycles. The minimum atomic E-state index is -0.221. The van der Waals surface area contributed by atoms with Crippen molar-refractivity contribution in [1.82, 2.24) is 10.1 Å². The SMILES string of the molecule is COC(c1noc(-c2cc(N)ccc2C)n1)C(C)(C)C. The van der Waals surface area contributed by atoms with Crippen molar-refractivity contribution in [2.75, 3.05) is 12.8 Å². The maximum absolute atomic E-state index is 5.81. The van der Waals surface area contributed by atoms with Crippen LogP contribution in [0.1, 0.15) is 38.3 Å². The second-order valence-electron chi connectivity index (χ2n) is 6.01. The number of anilines is 1. The van der Waals surface area contributed by atoms with Gasteiger partial charge in [0.2, 0.25) is 5.82 Å². The van der Waals surface area contributed by atoms with Crippen LogP contribution in [-0.4, -0.2) is 17.3 Å². The molecule has 2 rings (SSSR count). The van der Waals surface area contributed by atoms with Crippen molar-refractivity contribution < 1.29 is 9.26 Å². The molecule has 5 nitrogen and oxygen atoms in total. The number of ether oxygens (including phenoxy) is 1. The third kappa shape index (κ3) is 2.82. The van der Waals surface area contributed by atoms with E-state index in [1.165, 1.54) is 0 Å². The van der Waals surface area contributed by atoms with E-state index in [1.807, 2.05) is 25.1 Å². The first kappa shape index (κ1) is 14.5. The molecule has 0 radical (unpaired) electrons. The molecule has 0 amide bonds. The van der Waals surface area contributed by atoms with Crippen LogP contribution in [0.25, 0.3) is 11.5 Å². The van der Waals surface area contributed by atoms with Crippen molar-refractivity contribution in [3.8, 4) is 11.5 Å². The molecule has 0 spiro atoms. The summed E-state index contributed by atoms with van der Waals surface area (Å²) in [4.78, 5) is 4.46. The number of hydrogen-bond donors (Lipinski definition) is 1. The Hall–Kier alpha value is -1.88. The highest BCUT2D eigenvalue weighted by Crippen LogP contribution is 2.35. The van der Waals surface area contributed by atoms with E-state index in [4.69, 9.17) is 15.0 Å². The van der Waals surface area contributed by atoms with Gasteiger partial charge >= 0.3 is 0 Å². The molecule has 1 aromatic heterocycles. The van der Waals surface area contributed by atoms with Crippen LogP contribution in [0.2, 0.25) is 0 Å². The van der Waals surface area contributed by atoms with Gasteiger partial charge in [0.05, 0.1) is 0 Å². The largest absolute Gasteiger partial charge is 0.399 e. The van der Waals surface area contributed by atoms with Gasteiger partial charge < -0.3 is 15.0 Å². The Bertz CT molecular complexity index is 599. The monoisotopic (exact) mass is 275 g/mol. The van der Waals surface area contributed by atoms with E-state index in [0.29, 0.717) is 17.4 Å². The van der Waals surface area contributed by atoms with Crippen LogP contribution >= 0.6 is 0 Å². The molecule has 0 fully saturated rings. The molecular weight excluding hydrogens is 254 g/mol. The molecule has 20 heavy (non-hydrogen) atoms. The first-order chi connectivity index (χ1) is 9.32. The molecule has 108 valence electrons. The molecule has 1 aromatic carbocycles. The topological polar surface area (TPSA) is 74.2 Å². The maximum Gasteiger partial charge on any atom is 0.258 e. The fourth-order valence-corrected chi connectivity index (χ4v) is 2.17. The highest BCUT2D eigenvalue weighted by Gasteiger charge is 2.30. The van der Waals surface area contributed by atoms with Gasteiger partial charge in [-0.25, -0.2) is 0 Å². The summed E-state index contributed by atoms with van der Waals surface area (Å²) in [6, 6.07) is 5.63. The normalized spacial score (nSPS) is 13.4. The summed E-state index contributed by atoms with van der Waals surface area (Å²) >= 11 is 0. The lowest BCUT2D eigenvalue weighted by molar-refractivity contribution is 0.00718.